The summed E-state index contributed by atoms with van der Waals surface area (Å²) in [6, 6.07) is 0. The van der Waals surface area contributed by atoms with E-state index in [0.29, 0.717) is 6.42 Å². The van der Waals surface area contributed by atoms with E-state index in [1.165, 1.54) is 13.8 Å². The Morgan fingerprint density at radius 1 is 0.923 bits per heavy atom. The molecule has 3 heterocycles. The first-order valence-corrected chi connectivity index (χ1v) is 26.3. The Morgan fingerprint density at radius 3 is 2.23 bits per heavy atom. The number of hydrogen-bond donors (Lipinski definition) is 11. The smallest absolute Gasteiger partial charge is 0.393 e. The van der Waals surface area contributed by atoms with Gasteiger partial charge in [-0.15, -0.1) is 0 Å². The number of imidazole rings is 1. The van der Waals surface area contributed by atoms with E-state index in [2.05, 4.69) is 41.3 Å². The van der Waals surface area contributed by atoms with Crippen LogP contribution in [0.2, 0.25) is 0 Å². The number of nitrogen functional groups attached to an aromatic ring is 1. The molecule has 12 N–H and O–H groups in total. The van der Waals surface area contributed by atoms with Gasteiger partial charge in [0.05, 0.1) is 31.7 Å². The number of thioether (sulfide) groups is 1. The quantitative estimate of drug-likeness (QED) is 0.0374. The summed E-state index contributed by atoms with van der Waals surface area (Å²) in [7, 11) is -16.5. The molecule has 0 radical (unpaired) electrons. The van der Waals surface area contributed by atoms with Gasteiger partial charge in [-0.05, 0) is 19.3 Å². The third kappa shape index (κ3) is 19.9. The van der Waals surface area contributed by atoms with Gasteiger partial charge in [0, 0.05) is 37.1 Å². The van der Waals surface area contributed by atoms with Gasteiger partial charge in [0.15, 0.2) is 22.8 Å². The lowest BCUT2D eigenvalue weighted by Gasteiger charge is -2.30. The van der Waals surface area contributed by atoms with Crippen molar-refractivity contribution >= 4 is 69.1 Å². The SMILES string of the molecule is CCCCCC(O)CCCCCC(O)CC(=O)SCCNC(=O)CCNC(=O)C(O)C(C)(C)COP(=O)(O)OP(=O)(O)OCC1OC(n2cnc3c(N)ncnc32)C(O)C1OP(=O)(O)O. The molecule has 1 fully saturated rings. The molecule has 65 heavy (non-hydrogen) atoms. The number of carbonyl (C=O) groups excluding carboxylic acids is 3. The van der Waals surface area contributed by atoms with Crippen molar-refractivity contribution in [2.24, 2.45) is 5.41 Å². The van der Waals surface area contributed by atoms with E-state index in [4.69, 9.17) is 19.5 Å². The van der Waals surface area contributed by atoms with E-state index in [1.54, 1.807) is 0 Å². The van der Waals surface area contributed by atoms with Crippen molar-refractivity contribution in [1.82, 2.24) is 30.2 Å². The van der Waals surface area contributed by atoms with Gasteiger partial charge in [-0.3, -0.25) is 32.5 Å². The van der Waals surface area contributed by atoms with Crippen LogP contribution in [0.5, 0.6) is 0 Å². The summed E-state index contributed by atoms with van der Waals surface area (Å²) in [6.45, 7) is 2.44. The second-order valence-electron chi connectivity index (χ2n) is 15.9. The normalized spacial score (nSPS) is 21.3. The molecule has 2 aromatic heterocycles. The summed E-state index contributed by atoms with van der Waals surface area (Å²) >= 11 is 0.962. The molecule has 1 saturated heterocycles. The predicted octanol–water partition coefficient (Wildman–Crippen LogP) is 1.31. The summed E-state index contributed by atoms with van der Waals surface area (Å²) < 4.78 is 62.3. The highest BCUT2D eigenvalue weighted by Gasteiger charge is 2.50. The van der Waals surface area contributed by atoms with Gasteiger partial charge in [0.2, 0.25) is 11.8 Å². The van der Waals surface area contributed by atoms with Gasteiger partial charge in [0.25, 0.3) is 0 Å². The monoisotopic (exact) mass is 1010 g/mol. The van der Waals surface area contributed by atoms with Crippen LogP contribution in [0.4, 0.5) is 5.82 Å². The topological polar surface area (TPSA) is 404 Å². The molecule has 2 aromatic rings. The van der Waals surface area contributed by atoms with E-state index in [1.807, 2.05) is 0 Å². The fourth-order valence-electron chi connectivity index (χ4n) is 6.36. The highest BCUT2D eigenvalue weighted by molar-refractivity contribution is 8.13. The Labute approximate surface area is 379 Å². The molecule has 0 bridgehead atoms. The summed E-state index contributed by atoms with van der Waals surface area (Å²) in [5, 5.41) is 46.4. The number of aliphatic hydroxyl groups is 4. The number of nitrogens with zero attached hydrogens (tertiary/aromatic N) is 4. The summed E-state index contributed by atoms with van der Waals surface area (Å²) in [6.07, 6.45) is -0.499. The molecule has 2 amide bonds. The molecule has 372 valence electrons. The maximum atomic E-state index is 12.7. The molecule has 30 heteroatoms. The number of rotatable bonds is 31. The number of hydrogen-bond acceptors (Lipinski definition) is 20. The zero-order chi connectivity index (χ0) is 48.6. The Bertz CT molecular complexity index is 2000. The molecule has 26 nitrogen and oxygen atoms in total. The van der Waals surface area contributed by atoms with Crippen LogP contribution >= 0.6 is 35.2 Å². The predicted molar refractivity (Wildman–Crippen MR) is 231 cm³/mol. The van der Waals surface area contributed by atoms with Crippen molar-refractivity contribution in [1.29, 1.82) is 0 Å². The largest absolute Gasteiger partial charge is 0.481 e. The number of carbonyl (C=O) groups is 3. The highest BCUT2D eigenvalue weighted by Crippen LogP contribution is 2.61. The number of unbranched alkanes of at least 4 members (excludes halogenated alkanes) is 4. The van der Waals surface area contributed by atoms with E-state index in [-0.39, 0.29) is 59.9 Å². The minimum atomic E-state index is -5.59. The number of phosphoric acid groups is 3. The molecule has 1 aliphatic rings. The highest BCUT2D eigenvalue weighted by atomic mass is 32.2. The molecule has 9 atom stereocenters. The minimum absolute atomic E-state index is 0.0240. The van der Waals surface area contributed by atoms with Gasteiger partial charge in [-0.1, -0.05) is 71.1 Å². The molecule has 0 spiro atoms. The van der Waals surface area contributed by atoms with Crippen LogP contribution in [0, 0.1) is 5.41 Å². The maximum absolute atomic E-state index is 12.7. The zero-order valence-electron chi connectivity index (χ0n) is 36.2. The maximum Gasteiger partial charge on any atom is 0.481 e. The second-order valence-corrected chi connectivity index (χ2v) is 21.3. The van der Waals surface area contributed by atoms with E-state index in [9.17, 15) is 68.1 Å². The number of fused-ring (bicyclic) bond motifs is 1. The van der Waals surface area contributed by atoms with Crippen molar-refractivity contribution in [3.05, 3.63) is 12.7 Å². The van der Waals surface area contributed by atoms with Crippen molar-refractivity contribution in [3.63, 3.8) is 0 Å². The first-order valence-electron chi connectivity index (χ1n) is 20.8. The van der Waals surface area contributed by atoms with Crippen molar-refractivity contribution in [2.75, 3.05) is 37.8 Å². The number of ether oxygens (including phenoxy) is 1. The van der Waals surface area contributed by atoms with Crippen molar-refractivity contribution < 1.29 is 90.7 Å². The minimum Gasteiger partial charge on any atom is -0.393 e. The molecule has 3 rings (SSSR count). The van der Waals surface area contributed by atoms with Crippen LogP contribution in [0.15, 0.2) is 12.7 Å². The number of aliphatic hydroxyl groups excluding tert-OH is 4. The van der Waals surface area contributed by atoms with Gasteiger partial charge < -0.3 is 61.1 Å². The summed E-state index contributed by atoms with van der Waals surface area (Å²) in [5.41, 5.74) is 4.23. The third-order valence-corrected chi connectivity index (χ3v) is 13.9. The lowest BCUT2D eigenvalue weighted by Crippen LogP contribution is -2.46. The Hall–Kier alpha value is -2.52. The Morgan fingerprint density at radius 2 is 1.57 bits per heavy atom. The molecule has 0 aromatic carbocycles. The number of nitrogens with one attached hydrogen (secondary N) is 2. The number of amides is 2. The number of nitrogens with two attached hydrogens (primary N) is 1. The molecule has 0 aliphatic carbocycles. The Kier molecular flexibility index (Phi) is 23.0. The van der Waals surface area contributed by atoms with Crippen molar-refractivity contribution in [2.45, 2.75) is 134 Å². The standard InChI is InChI=1S/C35H62N7O19P3S/c1-4-5-7-10-22(43)11-8-6-9-12-23(44)17-26(46)65-16-15-37-25(45)13-14-38-33(49)30(48)35(2,3)19-58-64(55,56)61-63(53,54)57-18-24-29(60-62(50,51)52)28(47)34(59-24)42-21-41-27-31(36)39-20-40-32(27)42/h20-24,28-30,34,43-44,47-48H,4-19H2,1-3H3,(H,37,45)(H,38,49)(H,53,54)(H,55,56)(H2,36,39,40)(H2,50,51,52). The van der Waals surface area contributed by atoms with Crippen LogP contribution < -0.4 is 16.4 Å². The number of anilines is 1. The molecule has 0 saturated carbocycles. The third-order valence-electron chi connectivity index (χ3n) is 9.88. The van der Waals surface area contributed by atoms with Gasteiger partial charge in [-0.2, -0.15) is 4.31 Å². The summed E-state index contributed by atoms with van der Waals surface area (Å²) in [4.78, 5) is 88.2. The average molecular weight is 1010 g/mol. The number of phosphoric ester groups is 3. The molecular formula is C35H62N7O19P3S. The second kappa shape index (κ2) is 26.3. The van der Waals surface area contributed by atoms with Gasteiger partial charge in [-0.25, -0.2) is 28.6 Å². The fraction of sp³-hybridized carbons (Fsp3) is 0.771. The lowest BCUT2D eigenvalue weighted by atomic mass is 9.87. The average Bonchev–Trinajstić information content (AvgIpc) is 3.77. The first-order chi connectivity index (χ1) is 30.3. The van der Waals surface area contributed by atoms with E-state index >= 15 is 0 Å². The van der Waals surface area contributed by atoms with Gasteiger partial charge >= 0.3 is 23.5 Å². The molecule has 9 unspecified atom stereocenters. The van der Waals surface area contributed by atoms with Crippen LogP contribution in [0.25, 0.3) is 11.2 Å². The lowest BCUT2D eigenvalue weighted by molar-refractivity contribution is -0.137. The Balaban J connectivity index is 1.36. The van der Waals surface area contributed by atoms with E-state index < -0.39 is 90.7 Å². The molecule has 1 aliphatic heterocycles. The van der Waals surface area contributed by atoms with Gasteiger partial charge in [0.1, 0.15) is 36.3 Å². The van der Waals surface area contributed by atoms with E-state index in [0.717, 1.165) is 80.4 Å². The molecular weight excluding hydrogens is 947 g/mol. The van der Waals surface area contributed by atoms with Crippen molar-refractivity contribution in [3.8, 4) is 0 Å². The van der Waals surface area contributed by atoms with Crippen LogP contribution in [0.3, 0.4) is 0 Å². The summed E-state index contributed by atoms with van der Waals surface area (Å²) in [5.74, 6) is -1.28. The number of aromatic nitrogens is 4. The first kappa shape index (κ1) is 56.8. The van der Waals surface area contributed by atoms with Crippen LogP contribution in [0.1, 0.15) is 97.6 Å². The van der Waals surface area contributed by atoms with Crippen LogP contribution in [-0.2, 0) is 50.7 Å². The fourth-order valence-corrected chi connectivity index (χ4v) is 9.93. The van der Waals surface area contributed by atoms with Crippen LogP contribution in [-0.4, -0.2) is 145 Å². The zero-order valence-corrected chi connectivity index (χ0v) is 39.7.